The largest absolute Gasteiger partial charge is 0.378 e. The van der Waals surface area contributed by atoms with Gasteiger partial charge in [-0.15, -0.1) is 12.4 Å². The Balaban J connectivity index is 0.00000300. The Bertz CT molecular complexity index is 666. The van der Waals surface area contributed by atoms with Crippen LogP contribution >= 0.6 is 12.4 Å². The number of carbonyl (C=O) groups is 2. The number of benzene rings is 1. The molecule has 162 valence electrons. The number of halogens is 2. The van der Waals surface area contributed by atoms with Crippen LogP contribution in [0.25, 0.3) is 0 Å². The normalized spacial score (nSPS) is 20.3. The zero-order valence-electron chi connectivity index (χ0n) is 16.7. The van der Waals surface area contributed by atoms with Gasteiger partial charge in [0.25, 0.3) is 5.91 Å². The standard InChI is InChI=1S/C21H30FN3O3.ClH/c22-18-6-4-16(5-7-18)20(26)25-11-1-3-17(15-25)21(27)24-12-8-19(9-13-24)28-14-2-10-23;/h4-7,17,19H,1-3,8-15,23H2;1H. The molecule has 2 aliphatic rings. The van der Waals surface area contributed by atoms with Crippen LogP contribution in [0, 0.1) is 11.7 Å². The van der Waals surface area contributed by atoms with Gasteiger partial charge in [0.15, 0.2) is 0 Å². The van der Waals surface area contributed by atoms with Crippen molar-refractivity contribution in [3.63, 3.8) is 0 Å². The van der Waals surface area contributed by atoms with Gasteiger partial charge in [-0.1, -0.05) is 0 Å². The number of nitrogens with two attached hydrogens (primary N) is 1. The summed E-state index contributed by atoms with van der Waals surface area (Å²) in [7, 11) is 0. The number of carbonyl (C=O) groups excluding carboxylic acids is 2. The van der Waals surface area contributed by atoms with Crippen LogP contribution in [0.5, 0.6) is 0 Å². The third kappa shape index (κ3) is 6.39. The summed E-state index contributed by atoms with van der Waals surface area (Å²) in [6.07, 6.45) is 4.38. The third-order valence-corrected chi connectivity index (χ3v) is 5.60. The first-order chi connectivity index (χ1) is 13.6. The minimum atomic E-state index is -0.362. The molecule has 0 saturated carbocycles. The van der Waals surface area contributed by atoms with Gasteiger partial charge in [-0.3, -0.25) is 9.59 Å². The molecule has 1 atom stereocenters. The second-order valence-corrected chi connectivity index (χ2v) is 7.63. The Labute approximate surface area is 178 Å². The number of ether oxygens (including phenoxy) is 1. The molecule has 0 bridgehead atoms. The molecule has 29 heavy (non-hydrogen) atoms. The van der Waals surface area contributed by atoms with Gasteiger partial charge in [0.1, 0.15) is 5.82 Å². The quantitative estimate of drug-likeness (QED) is 0.707. The predicted molar refractivity (Wildman–Crippen MR) is 112 cm³/mol. The van der Waals surface area contributed by atoms with Crippen LogP contribution in [0.15, 0.2) is 24.3 Å². The third-order valence-electron chi connectivity index (χ3n) is 5.60. The fraction of sp³-hybridized carbons (Fsp3) is 0.619. The van der Waals surface area contributed by atoms with Crippen molar-refractivity contribution in [3.05, 3.63) is 35.6 Å². The smallest absolute Gasteiger partial charge is 0.253 e. The molecule has 1 unspecified atom stereocenters. The van der Waals surface area contributed by atoms with E-state index in [9.17, 15) is 14.0 Å². The van der Waals surface area contributed by atoms with E-state index in [1.54, 1.807) is 4.90 Å². The van der Waals surface area contributed by atoms with Crippen molar-refractivity contribution in [2.45, 2.75) is 38.2 Å². The minimum absolute atomic E-state index is 0. The molecule has 2 fully saturated rings. The Morgan fingerprint density at radius 2 is 1.76 bits per heavy atom. The number of likely N-dealkylation sites (tertiary alicyclic amines) is 2. The number of hydrogen-bond donors (Lipinski definition) is 1. The van der Waals surface area contributed by atoms with E-state index < -0.39 is 0 Å². The Morgan fingerprint density at radius 1 is 1.07 bits per heavy atom. The lowest BCUT2D eigenvalue weighted by molar-refractivity contribution is -0.139. The number of rotatable bonds is 6. The maximum Gasteiger partial charge on any atom is 0.253 e. The van der Waals surface area contributed by atoms with Crippen molar-refractivity contribution >= 4 is 24.2 Å². The van der Waals surface area contributed by atoms with Crippen molar-refractivity contribution in [1.29, 1.82) is 0 Å². The van der Waals surface area contributed by atoms with Crippen LogP contribution < -0.4 is 5.73 Å². The SMILES string of the molecule is Cl.NCCCOC1CCN(C(=O)C2CCCN(C(=O)c3ccc(F)cc3)C2)CC1. The monoisotopic (exact) mass is 427 g/mol. The highest BCUT2D eigenvalue weighted by atomic mass is 35.5. The molecule has 2 saturated heterocycles. The molecule has 0 aromatic heterocycles. The molecular formula is C21H31ClFN3O3. The van der Waals surface area contributed by atoms with Gasteiger partial charge in [0.05, 0.1) is 12.0 Å². The van der Waals surface area contributed by atoms with Gasteiger partial charge in [0, 0.05) is 38.3 Å². The molecule has 1 aromatic rings. The highest BCUT2D eigenvalue weighted by Crippen LogP contribution is 2.23. The molecule has 2 N–H and O–H groups in total. The van der Waals surface area contributed by atoms with Gasteiger partial charge in [0.2, 0.25) is 5.91 Å². The number of amides is 2. The van der Waals surface area contributed by atoms with Crippen molar-refractivity contribution in [1.82, 2.24) is 9.80 Å². The van der Waals surface area contributed by atoms with Crippen molar-refractivity contribution in [3.8, 4) is 0 Å². The lowest BCUT2D eigenvalue weighted by Gasteiger charge is -2.37. The summed E-state index contributed by atoms with van der Waals surface area (Å²) in [4.78, 5) is 29.3. The fourth-order valence-corrected chi connectivity index (χ4v) is 3.97. The van der Waals surface area contributed by atoms with Crippen LogP contribution in [-0.4, -0.2) is 67.0 Å². The highest BCUT2D eigenvalue weighted by Gasteiger charge is 2.33. The fourth-order valence-electron chi connectivity index (χ4n) is 3.97. The van der Waals surface area contributed by atoms with E-state index in [2.05, 4.69) is 0 Å². The van der Waals surface area contributed by atoms with Crippen molar-refractivity contribution < 1.29 is 18.7 Å². The highest BCUT2D eigenvalue weighted by molar-refractivity contribution is 5.94. The zero-order valence-corrected chi connectivity index (χ0v) is 17.5. The van der Waals surface area contributed by atoms with E-state index in [1.165, 1.54) is 24.3 Å². The van der Waals surface area contributed by atoms with Crippen LogP contribution in [0.4, 0.5) is 4.39 Å². The summed E-state index contributed by atoms with van der Waals surface area (Å²) in [5.74, 6) is -0.520. The van der Waals surface area contributed by atoms with E-state index in [1.807, 2.05) is 4.90 Å². The minimum Gasteiger partial charge on any atom is -0.378 e. The summed E-state index contributed by atoms with van der Waals surface area (Å²) < 4.78 is 18.9. The molecule has 0 spiro atoms. The van der Waals surface area contributed by atoms with Gasteiger partial charge < -0.3 is 20.3 Å². The molecule has 1 aromatic carbocycles. The van der Waals surface area contributed by atoms with Gasteiger partial charge in [-0.25, -0.2) is 4.39 Å². The van der Waals surface area contributed by atoms with E-state index in [4.69, 9.17) is 10.5 Å². The first kappa shape index (κ1) is 23.6. The summed E-state index contributed by atoms with van der Waals surface area (Å²) in [6, 6.07) is 5.58. The Hall–Kier alpha value is -1.70. The molecule has 8 heteroatoms. The molecule has 6 nitrogen and oxygen atoms in total. The zero-order chi connectivity index (χ0) is 19.9. The van der Waals surface area contributed by atoms with E-state index in [0.717, 1.165) is 32.1 Å². The van der Waals surface area contributed by atoms with Crippen LogP contribution in [0.1, 0.15) is 42.5 Å². The number of nitrogens with zero attached hydrogens (tertiary/aromatic N) is 2. The van der Waals surface area contributed by atoms with Crippen molar-refractivity contribution in [2.24, 2.45) is 11.7 Å². The first-order valence-corrected chi connectivity index (χ1v) is 10.2. The van der Waals surface area contributed by atoms with E-state index in [-0.39, 0.29) is 42.1 Å². The maximum absolute atomic E-state index is 13.1. The second-order valence-electron chi connectivity index (χ2n) is 7.63. The average molecular weight is 428 g/mol. The Morgan fingerprint density at radius 3 is 2.41 bits per heavy atom. The summed E-state index contributed by atoms with van der Waals surface area (Å²) in [6.45, 7) is 3.78. The van der Waals surface area contributed by atoms with Gasteiger partial charge in [-0.2, -0.15) is 0 Å². The number of piperidine rings is 2. The second kappa shape index (κ2) is 11.5. The molecule has 2 aliphatic heterocycles. The Kier molecular flexibility index (Phi) is 9.33. The summed E-state index contributed by atoms with van der Waals surface area (Å²) >= 11 is 0. The first-order valence-electron chi connectivity index (χ1n) is 10.2. The maximum atomic E-state index is 13.1. The molecule has 0 aliphatic carbocycles. The summed E-state index contributed by atoms with van der Waals surface area (Å²) in [5.41, 5.74) is 5.95. The van der Waals surface area contributed by atoms with E-state index in [0.29, 0.717) is 44.9 Å². The lowest BCUT2D eigenvalue weighted by Crippen LogP contribution is -2.49. The van der Waals surface area contributed by atoms with Crippen LogP contribution in [-0.2, 0) is 9.53 Å². The van der Waals surface area contributed by atoms with Crippen LogP contribution in [0.2, 0.25) is 0 Å². The molecule has 3 rings (SSSR count). The average Bonchev–Trinajstić information content (AvgIpc) is 2.74. The van der Waals surface area contributed by atoms with Gasteiger partial charge in [-0.05, 0) is 62.9 Å². The van der Waals surface area contributed by atoms with Crippen molar-refractivity contribution in [2.75, 3.05) is 39.3 Å². The van der Waals surface area contributed by atoms with Crippen LogP contribution in [0.3, 0.4) is 0 Å². The predicted octanol–water partition coefficient (Wildman–Crippen LogP) is 2.46. The topological polar surface area (TPSA) is 75.9 Å². The van der Waals surface area contributed by atoms with Gasteiger partial charge >= 0.3 is 0 Å². The lowest BCUT2D eigenvalue weighted by atomic mass is 9.94. The number of hydrogen-bond acceptors (Lipinski definition) is 4. The molecule has 0 radical (unpaired) electrons. The molecular weight excluding hydrogens is 397 g/mol. The molecule has 2 amide bonds. The summed E-state index contributed by atoms with van der Waals surface area (Å²) in [5, 5.41) is 0. The molecule has 2 heterocycles. The van der Waals surface area contributed by atoms with E-state index >= 15 is 0 Å².